The van der Waals surface area contributed by atoms with Crippen LogP contribution in [0.3, 0.4) is 0 Å². The molecule has 0 saturated carbocycles. The lowest BCUT2D eigenvalue weighted by atomic mass is 10.1. The molecule has 0 aromatic carbocycles. The van der Waals surface area contributed by atoms with Gasteiger partial charge in [-0.1, -0.05) is 6.92 Å². The monoisotopic (exact) mass is 221 g/mol. The van der Waals surface area contributed by atoms with Crippen molar-refractivity contribution >= 4 is 5.91 Å². The van der Waals surface area contributed by atoms with Crippen LogP contribution in [0.2, 0.25) is 0 Å². The fourth-order valence-corrected chi connectivity index (χ4v) is 1.47. The van der Waals surface area contributed by atoms with Crippen molar-refractivity contribution < 1.29 is 4.79 Å². The highest BCUT2D eigenvalue weighted by molar-refractivity contribution is 5.78. The van der Waals surface area contributed by atoms with Gasteiger partial charge < -0.3 is 11.1 Å². The third kappa shape index (κ3) is 3.31. The minimum Gasteiger partial charge on any atom is -0.352 e. The van der Waals surface area contributed by atoms with Crippen LogP contribution < -0.4 is 11.1 Å². The van der Waals surface area contributed by atoms with Crippen LogP contribution in [0.1, 0.15) is 24.5 Å². The van der Waals surface area contributed by atoms with E-state index in [9.17, 15) is 4.79 Å². The summed E-state index contributed by atoms with van der Waals surface area (Å²) in [6.07, 6.45) is 4.29. The molecule has 4 heteroatoms. The highest BCUT2D eigenvalue weighted by Gasteiger charge is 2.13. The Morgan fingerprint density at radius 3 is 2.94 bits per heavy atom. The smallest absolute Gasteiger partial charge is 0.224 e. The van der Waals surface area contributed by atoms with Gasteiger partial charge in [-0.3, -0.25) is 9.78 Å². The SMILES string of the molecule is CCC(CN)C(=O)NCc1cnccc1C. The van der Waals surface area contributed by atoms with Crippen molar-refractivity contribution in [2.45, 2.75) is 26.8 Å². The molecule has 0 bridgehead atoms. The molecule has 16 heavy (non-hydrogen) atoms. The van der Waals surface area contributed by atoms with Crippen LogP contribution >= 0.6 is 0 Å². The lowest BCUT2D eigenvalue weighted by Crippen LogP contribution is -2.34. The van der Waals surface area contributed by atoms with Crippen molar-refractivity contribution in [3.8, 4) is 0 Å². The van der Waals surface area contributed by atoms with Gasteiger partial charge in [0.15, 0.2) is 0 Å². The number of nitrogens with one attached hydrogen (secondary N) is 1. The molecule has 0 spiro atoms. The number of carbonyl (C=O) groups is 1. The van der Waals surface area contributed by atoms with Crippen molar-refractivity contribution in [1.82, 2.24) is 10.3 Å². The molecule has 1 amide bonds. The normalized spacial score (nSPS) is 12.2. The molecule has 1 aromatic heterocycles. The summed E-state index contributed by atoms with van der Waals surface area (Å²) in [5, 5.41) is 2.88. The molecule has 0 aliphatic heterocycles. The molecule has 1 unspecified atom stereocenters. The summed E-state index contributed by atoms with van der Waals surface area (Å²) in [4.78, 5) is 15.7. The predicted octanol–water partition coefficient (Wildman–Crippen LogP) is 0.991. The van der Waals surface area contributed by atoms with E-state index in [-0.39, 0.29) is 11.8 Å². The number of carbonyl (C=O) groups excluding carboxylic acids is 1. The van der Waals surface area contributed by atoms with E-state index in [1.54, 1.807) is 12.4 Å². The first-order valence-corrected chi connectivity index (χ1v) is 5.56. The van der Waals surface area contributed by atoms with Gasteiger partial charge in [0, 0.05) is 31.4 Å². The Hall–Kier alpha value is -1.42. The molecule has 1 heterocycles. The zero-order valence-electron chi connectivity index (χ0n) is 9.86. The third-order valence-corrected chi connectivity index (χ3v) is 2.75. The molecule has 4 nitrogen and oxygen atoms in total. The second kappa shape index (κ2) is 6.23. The number of hydrogen-bond acceptors (Lipinski definition) is 3. The van der Waals surface area contributed by atoms with E-state index >= 15 is 0 Å². The van der Waals surface area contributed by atoms with Gasteiger partial charge >= 0.3 is 0 Å². The number of rotatable bonds is 5. The average Bonchev–Trinajstić information content (AvgIpc) is 2.29. The largest absolute Gasteiger partial charge is 0.352 e. The van der Waals surface area contributed by atoms with Gasteiger partial charge in [-0.15, -0.1) is 0 Å². The van der Waals surface area contributed by atoms with Crippen LogP contribution in [0.15, 0.2) is 18.5 Å². The highest BCUT2D eigenvalue weighted by Crippen LogP contribution is 2.05. The summed E-state index contributed by atoms with van der Waals surface area (Å²) in [6.45, 7) is 4.89. The lowest BCUT2D eigenvalue weighted by molar-refractivity contribution is -0.124. The van der Waals surface area contributed by atoms with Gasteiger partial charge in [0.05, 0.1) is 0 Å². The van der Waals surface area contributed by atoms with Crippen LogP contribution in [0, 0.1) is 12.8 Å². The molecule has 3 N–H and O–H groups in total. The van der Waals surface area contributed by atoms with Gasteiger partial charge in [-0.05, 0) is 30.5 Å². The van der Waals surface area contributed by atoms with E-state index in [2.05, 4.69) is 10.3 Å². The topological polar surface area (TPSA) is 68.0 Å². The second-order valence-electron chi connectivity index (χ2n) is 3.86. The molecule has 1 aromatic rings. The minimum atomic E-state index is -0.0861. The molecule has 0 saturated heterocycles. The first-order chi connectivity index (χ1) is 7.69. The van der Waals surface area contributed by atoms with Gasteiger partial charge in [0.1, 0.15) is 0 Å². The first-order valence-electron chi connectivity index (χ1n) is 5.56. The fraction of sp³-hybridized carbons (Fsp3) is 0.500. The van der Waals surface area contributed by atoms with Crippen molar-refractivity contribution in [3.05, 3.63) is 29.6 Å². The zero-order chi connectivity index (χ0) is 12.0. The quantitative estimate of drug-likeness (QED) is 0.779. The summed E-state index contributed by atoms with van der Waals surface area (Å²) in [5.74, 6) is -0.0646. The molecule has 1 rings (SSSR count). The Morgan fingerprint density at radius 1 is 1.62 bits per heavy atom. The molecule has 0 fully saturated rings. The minimum absolute atomic E-state index is 0.0215. The Bertz CT molecular complexity index is 348. The van der Waals surface area contributed by atoms with E-state index in [1.807, 2.05) is 19.9 Å². The Morgan fingerprint density at radius 2 is 2.38 bits per heavy atom. The van der Waals surface area contributed by atoms with E-state index in [0.29, 0.717) is 13.1 Å². The second-order valence-corrected chi connectivity index (χ2v) is 3.86. The summed E-state index contributed by atoms with van der Waals surface area (Å²) in [6, 6.07) is 1.93. The number of nitrogens with two attached hydrogens (primary N) is 1. The van der Waals surface area contributed by atoms with Crippen LogP contribution in [-0.2, 0) is 11.3 Å². The molecule has 1 atom stereocenters. The van der Waals surface area contributed by atoms with Gasteiger partial charge in [-0.25, -0.2) is 0 Å². The van der Waals surface area contributed by atoms with E-state index < -0.39 is 0 Å². The Kier molecular flexibility index (Phi) is 4.92. The van der Waals surface area contributed by atoms with Crippen molar-refractivity contribution in [3.63, 3.8) is 0 Å². The summed E-state index contributed by atoms with van der Waals surface area (Å²) in [7, 11) is 0. The molecule has 0 aliphatic rings. The molecule has 0 aliphatic carbocycles. The van der Waals surface area contributed by atoms with Crippen LogP contribution in [0.25, 0.3) is 0 Å². The summed E-state index contributed by atoms with van der Waals surface area (Å²) < 4.78 is 0. The standard InChI is InChI=1S/C12H19N3O/c1-3-10(6-13)12(16)15-8-11-7-14-5-4-9(11)2/h4-5,7,10H,3,6,8,13H2,1-2H3,(H,15,16). The van der Waals surface area contributed by atoms with E-state index in [4.69, 9.17) is 5.73 Å². The summed E-state index contributed by atoms with van der Waals surface area (Å²) >= 11 is 0. The number of hydrogen-bond donors (Lipinski definition) is 2. The van der Waals surface area contributed by atoms with Crippen molar-refractivity contribution in [1.29, 1.82) is 0 Å². The van der Waals surface area contributed by atoms with Gasteiger partial charge in [-0.2, -0.15) is 0 Å². The highest BCUT2D eigenvalue weighted by atomic mass is 16.1. The van der Waals surface area contributed by atoms with E-state index in [0.717, 1.165) is 17.5 Å². The van der Waals surface area contributed by atoms with Crippen LogP contribution in [-0.4, -0.2) is 17.4 Å². The molecule has 88 valence electrons. The van der Waals surface area contributed by atoms with Gasteiger partial charge in [0.25, 0.3) is 0 Å². The maximum Gasteiger partial charge on any atom is 0.224 e. The Balaban J connectivity index is 2.52. The van der Waals surface area contributed by atoms with Crippen molar-refractivity contribution in [2.24, 2.45) is 11.7 Å². The predicted molar refractivity (Wildman–Crippen MR) is 63.7 cm³/mol. The van der Waals surface area contributed by atoms with Crippen LogP contribution in [0.5, 0.6) is 0 Å². The molecule has 0 radical (unpaired) electrons. The third-order valence-electron chi connectivity index (χ3n) is 2.75. The number of aryl methyl sites for hydroxylation is 1. The number of amides is 1. The number of nitrogens with zero attached hydrogens (tertiary/aromatic N) is 1. The number of pyridine rings is 1. The maximum absolute atomic E-state index is 11.7. The maximum atomic E-state index is 11.7. The van der Waals surface area contributed by atoms with Crippen LogP contribution in [0.4, 0.5) is 0 Å². The lowest BCUT2D eigenvalue weighted by Gasteiger charge is -2.13. The molecular weight excluding hydrogens is 202 g/mol. The van der Waals surface area contributed by atoms with E-state index in [1.165, 1.54) is 0 Å². The molecular formula is C12H19N3O. The number of aromatic nitrogens is 1. The Labute approximate surface area is 96.3 Å². The fourth-order valence-electron chi connectivity index (χ4n) is 1.47. The van der Waals surface area contributed by atoms with Gasteiger partial charge in [0.2, 0.25) is 5.91 Å². The first kappa shape index (κ1) is 12.6. The average molecular weight is 221 g/mol. The summed E-state index contributed by atoms with van der Waals surface area (Å²) in [5.41, 5.74) is 7.69. The van der Waals surface area contributed by atoms with Crippen molar-refractivity contribution in [2.75, 3.05) is 6.54 Å². The zero-order valence-corrected chi connectivity index (χ0v) is 9.86.